The molecule has 2 rings (SSSR count). The van der Waals surface area contributed by atoms with Crippen LogP contribution in [0.3, 0.4) is 0 Å². The normalized spacial score (nSPS) is 17.1. The topological polar surface area (TPSA) is 12.0 Å². The van der Waals surface area contributed by atoms with Crippen LogP contribution >= 0.6 is 0 Å². The molecular formula is C14H19F2N. The first-order chi connectivity index (χ1) is 8.20. The summed E-state index contributed by atoms with van der Waals surface area (Å²) in [4.78, 5) is 0. The highest BCUT2D eigenvalue weighted by atomic mass is 19.1. The standard InChI is InChI=1S/C14H19F2N/c1-2-17-14(8-5-10-3-4-10)12-9-11(15)6-7-13(12)16/h6-7,9-10,14,17H,2-5,8H2,1H3. The van der Waals surface area contributed by atoms with E-state index in [1.165, 1.54) is 31.0 Å². The van der Waals surface area contributed by atoms with E-state index >= 15 is 0 Å². The maximum Gasteiger partial charge on any atom is 0.128 e. The average molecular weight is 239 g/mol. The number of hydrogen-bond donors (Lipinski definition) is 1. The zero-order valence-corrected chi connectivity index (χ0v) is 10.2. The van der Waals surface area contributed by atoms with E-state index in [1.807, 2.05) is 6.92 Å². The van der Waals surface area contributed by atoms with Gasteiger partial charge < -0.3 is 5.32 Å². The molecule has 1 aliphatic carbocycles. The third-order valence-corrected chi connectivity index (χ3v) is 3.34. The summed E-state index contributed by atoms with van der Waals surface area (Å²) >= 11 is 0. The van der Waals surface area contributed by atoms with E-state index in [-0.39, 0.29) is 17.7 Å². The fourth-order valence-corrected chi connectivity index (χ4v) is 2.20. The number of hydrogen-bond acceptors (Lipinski definition) is 1. The summed E-state index contributed by atoms with van der Waals surface area (Å²) in [6.07, 6.45) is 4.58. The van der Waals surface area contributed by atoms with Gasteiger partial charge in [-0.3, -0.25) is 0 Å². The summed E-state index contributed by atoms with van der Waals surface area (Å²) < 4.78 is 26.8. The molecule has 1 saturated carbocycles. The fourth-order valence-electron chi connectivity index (χ4n) is 2.20. The zero-order valence-electron chi connectivity index (χ0n) is 10.2. The zero-order chi connectivity index (χ0) is 12.3. The Morgan fingerprint density at radius 3 is 2.76 bits per heavy atom. The minimum atomic E-state index is -0.365. The number of halogens is 2. The molecule has 0 amide bonds. The van der Waals surface area contributed by atoms with Crippen LogP contribution in [0.25, 0.3) is 0 Å². The van der Waals surface area contributed by atoms with E-state index in [1.54, 1.807) is 0 Å². The molecular weight excluding hydrogens is 220 g/mol. The molecule has 0 bridgehead atoms. The van der Waals surface area contributed by atoms with Crippen LogP contribution in [-0.4, -0.2) is 6.54 Å². The third kappa shape index (κ3) is 3.50. The molecule has 1 nitrogen and oxygen atoms in total. The second kappa shape index (κ2) is 5.58. The van der Waals surface area contributed by atoms with Gasteiger partial charge in [-0.25, -0.2) is 8.78 Å². The van der Waals surface area contributed by atoms with Crippen LogP contribution < -0.4 is 5.32 Å². The van der Waals surface area contributed by atoms with Crippen LogP contribution in [0.4, 0.5) is 8.78 Å². The molecule has 17 heavy (non-hydrogen) atoms. The molecule has 0 spiro atoms. The van der Waals surface area contributed by atoms with E-state index in [4.69, 9.17) is 0 Å². The Balaban J connectivity index is 2.08. The number of nitrogens with one attached hydrogen (secondary N) is 1. The molecule has 1 aromatic carbocycles. The molecule has 94 valence electrons. The van der Waals surface area contributed by atoms with Crippen molar-refractivity contribution in [3.63, 3.8) is 0 Å². The van der Waals surface area contributed by atoms with Gasteiger partial charge in [0.2, 0.25) is 0 Å². The van der Waals surface area contributed by atoms with Crippen molar-refractivity contribution in [2.75, 3.05) is 6.54 Å². The Kier molecular flexibility index (Phi) is 4.11. The SMILES string of the molecule is CCNC(CCC1CC1)c1cc(F)ccc1F. The molecule has 1 atom stereocenters. The Hall–Kier alpha value is -0.960. The Morgan fingerprint density at radius 1 is 1.35 bits per heavy atom. The van der Waals surface area contributed by atoms with Gasteiger partial charge in [-0.15, -0.1) is 0 Å². The fraction of sp³-hybridized carbons (Fsp3) is 0.571. The monoisotopic (exact) mass is 239 g/mol. The highest BCUT2D eigenvalue weighted by molar-refractivity contribution is 5.22. The number of benzene rings is 1. The molecule has 0 aliphatic heterocycles. The molecule has 0 heterocycles. The van der Waals surface area contributed by atoms with Gasteiger partial charge in [-0.2, -0.15) is 0 Å². The van der Waals surface area contributed by atoms with Gasteiger partial charge >= 0.3 is 0 Å². The van der Waals surface area contributed by atoms with Gasteiger partial charge in [0.25, 0.3) is 0 Å². The lowest BCUT2D eigenvalue weighted by molar-refractivity contribution is 0.456. The van der Waals surface area contributed by atoms with Gasteiger partial charge in [0.15, 0.2) is 0 Å². The van der Waals surface area contributed by atoms with Gasteiger partial charge in [0.1, 0.15) is 11.6 Å². The predicted molar refractivity (Wildman–Crippen MR) is 64.7 cm³/mol. The van der Waals surface area contributed by atoms with Crippen molar-refractivity contribution in [2.45, 2.75) is 38.6 Å². The maximum absolute atomic E-state index is 13.7. The predicted octanol–water partition coefficient (Wildman–Crippen LogP) is 3.81. The van der Waals surface area contributed by atoms with Crippen LogP contribution in [-0.2, 0) is 0 Å². The number of rotatable bonds is 6. The van der Waals surface area contributed by atoms with E-state index in [0.29, 0.717) is 5.56 Å². The van der Waals surface area contributed by atoms with Crippen LogP contribution in [0, 0.1) is 17.6 Å². The molecule has 3 heteroatoms. The second-order valence-electron chi connectivity index (χ2n) is 4.80. The van der Waals surface area contributed by atoms with E-state index < -0.39 is 0 Å². The summed E-state index contributed by atoms with van der Waals surface area (Å²) in [5.74, 6) is 0.136. The third-order valence-electron chi connectivity index (χ3n) is 3.34. The summed E-state index contributed by atoms with van der Waals surface area (Å²) in [6, 6.07) is 3.64. The molecule has 0 aromatic heterocycles. The molecule has 1 N–H and O–H groups in total. The van der Waals surface area contributed by atoms with E-state index in [0.717, 1.165) is 25.3 Å². The van der Waals surface area contributed by atoms with Gasteiger partial charge in [-0.05, 0) is 43.5 Å². The Labute approximate surface area is 101 Å². The van der Waals surface area contributed by atoms with Crippen molar-refractivity contribution < 1.29 is 8.78 Å². The first kappa shape index (κ1) is 12.5. The lowest BCUT2D eigenvalue weighted by atomic mass is 9.99. The molecule has 0 saturated heterocycles. The summed E-state index contributed by atoms with van der Waals surface area (Å²) in [5, 5.41) is 3.24. The van der Waals surface area contributed by atoms with Crippen LogP contribution in [0.1, 0.15) is 44.2 Å². The molecule has 1 unspecified atom stereocenters. The Morgan fingerprint density at radius 2 is 2.12 bits per heavy atom. The van der Waals surface area contributed by atoms with Crippen LogP contribution in [0.2, 0.25) is 0 Å². The lowest BCUT2D eigenvalue weighted by Gasteiger charge is -2.19. The Bertz CT molecular complexity index is 374. The van der Waals surface area contributed by atoms with Gasteiger partial charge in [-0.1, -0.05) is 19.8 Å². The molecule has 1 aliphatic rings. The molecule has 1 fully saturated rings. The summed E-state index contributed by atoms with van der Waals surface area (Å²) in [5.41, 5.74) is 0.465. The van der Waals surface area contributed by atoms with Crippen molar-refractivity contribution >= 4 is 0 Å². The first-order valence-corrected chi connectivity index (χ1v) is 6.39. The highest BCUT2D eigenvalue weighted by Crippen LogP contribution is 2.36. The van der Waals surface area contributed by atoms with Crippen LogP contribution in [0.5, 0.6) is 0 Å². The van der Waals surface area contributed by atoms with Crippen molar-refractivity contribution in [2.24, 2.45) is 5.92 Å². The average Bonchev–Trinajstić information content (AvgIpc) is 3.12. The quantitative estimate of drug-likeness (QED) is 0.796. The summed E-state index contributed by atoms with van der Waals surface area (Å²) in [6.45, 7) is 2.76. The molecule has 0 radical (unpaired) electrons. The smallest absolute Gasteiger partial charge is 0.128 e. The van der Waals surface area contributed by atoms with Gasteiger partial charge in [0, 0.05) is 11.6 Å². The van der Waals surface area contributed by atoms with E-state index in [9.17, 15) is 8.78 Å². The van der Waals surface area contributed by atoms with Crippen molar-refractivity contribution in [1.29, 1.82) is 0 Å². The van der Waals surface area contributed by atoms with Crippen molar-refractivity contribution in [1.82, 2.24) is 5.32 Å². The minimum absolute atomic E-state index is 0.0590. The second-order valence-corrected chi connectivity index (χ2v) is 4.80. The van der Waals surface area contributed by atoms with Gasteiger partial charge in [0.05, 0.1) is 0 Å². The van der Waals surface area contributed by atoms with Crippen molar-refractivity contribution in [3.05, 3.63) is 35.4 Å². The largest absolute Gasteiger partial charge is 0.310 e. The molecule has 1 aromatic rings. The first-order valence-electron chi connectivity index (χ1n) is 6.39. The van der Waals surface area contributed by atoms with Crippen molar-refractivity contribution in [3.8, 4) is 0 Å². The maximum atomic E-state index is 13.7. The van der Waals surface area contributed by atoms with E-state index in [2.05, 4.69) is 5.32 Å². The minimum Gasteiger partial charge on any atom is -0.310 e. The lowest BCUT2D eigenvalue weighted by Crippen LogP contribution is -2.22. The highest BCUT2D eigenvalue weighted by Gasteiger charge is 2.24. The van der Waals surface area contributed by atoms with Crippen LogP contribution in [0.15, 0.2) is 18.2 Å². The summed E-state index contributed by atoms with van der Waals surface area (Å²) in [7, 11) is 0.